The molecule has 0 saturated carbocycles. The summed E-state index contributed by atoms with van der Waals surface area (Å²) < 4.78 is 0. The molecular weight excluding hydrogens is 364 g/mol. The Morgan fingerprint density at radius 2 is 1.81 bits per heavy atom. The molecule has 0 radical (unpaired) electrons. The summed E-state index contributed by atoms with van der Waals surface area (Å²) in [5, 5.41) is 9.12. The van der Waals surface area contributed by atoms with Crippen LogP contribution in [0.1, 0.15) is 35.0 Å². The van der Waals surface area contributed by atoms with E-state index in [2.05, 4.69) is 28.8 Å². The molecule has 1 amide bonds. The van der Waals surface area contributed by atoms with Crippen molar-refractivity contribution in [2.45, 2.75) is 19.0 Å². The molecule has 2 N–H and O–H groups in total. The largest absolute Gasteiger partial charge is 0.348 e. The minimum atomic E-state index is -0.0973. The second-order valence-corrected chi connectivity index (χ2v) is 7.50. The number of hydrogen-bond donors (Lipinski definition) is 2. The van der Waals surface area contributed by atoms with Gasteiger partial charge in [0.25, 0.3) is 0 Å². The predicted molar refractivity (Wildman–Crippen MR) is 109 cm³/mol. The third kappa shape index (κ3) is 4.94. The van der Waals surface area contributed by atoms with E-state index in [0.717, 1.165) is 11.1 Å². The van der Waals surface area contributed by atoms with Crippen molar-refractivity contribution >= 4 is 28.8 Å². The highest BCUT2D eigenvalue weighted by Crippen LogP contribution is 2.25. The molecule has 0 saturated heterocycles. The van der Waals surface area contributed by atoms with E-state index in [1.54, 1.807) is 11.3 Å². The van der Waals surface area contributed by atoms with Crippen LogP contribution in [0.4, 0.5) is 0 Å². The molecule has 3 nitrogen and oxygen atoms in total. The highest BCUT2D eigenvalue weighted by molar-refractivity contribution is 7.10. The SMILES string of the molecule is C[C@H](NC(=O)CN[C@H](c1ccccc1)c1cccs1)c1cccc(Cl)c1. The van der Waals surface area contributed by atoms with E-state index in [4.69, 9.17) is 11.6 Å². The Hall–Kier alpha value is -2.14. The Labute approximate surface area is 163 Å². The lowest BCUT2D eigenvalue weighted by atomic mass is 10.1. The second kappa shape index (κ2) is 8.99. The van der Waals surface area contributed by atoms with Crippen LogP contribution >= 0.6 is 22.9 Å². The molecule has 0 aliphatic heterocycles. The first-order chi connectivity index (χ1) is 12.6. The zero-order valence-electron chi connectivity index (χ0n) is 14.5. The Balaban J connectivity index is 1.63. The van der Waals surface area contributed by atoms with Gasteiger partial charge in [0, 0.05) is 9.90 Å². The van der Waals surface area contributed by atoms with Crippen LogP contribution in [0, 0.1) is 0 Å². The van der Waals surface area contributed by atoms with Crippen molar-refractivity contribution in [3.05, 3.63) is 93.1 Å². The number of carbonyl (C=O) groups is 1. The van der Waals surface area contributed by atoms with Gasteiger partial charge in [0.05, 0.1) is 18.6 Å². The van der Waals surface area contributed by atoms with Gasteiger partial charge in [0.1, 0.15) is 0 Å². The third-order valence-electron chi connectivity index (χ3n) is 4.15. The molecule has 0 spiro atoms. The van der Waals surface area contributed by atoms with E-state index in [-0.39, 0.29) is 24.5 Å². The average molecular weight is 385 g/mol. The van der Waals surface area contributed by atoms with Gasteiger partial charge in [-0.05, 0) is 41.6 Å². The average Bonchev–Trinajstić information content (AvgIpc) is 3.17. The van der Waals surface area contributed by atoms with Crippen molar-refractivity contribution in [3.8, 4) is 0 Å². The normalized spacial score (nSPS) is 13.2. The van der Waals surface area contributed by atoms with E-state index in [1.165, 1.54) is 4.88 Å². The molecule has 1 heterocycles. The molecule has 0 aliphatic carbocycles. The minimum Gasteiger partial charge on any atom is -0.348 e. The van der Waals surface area contributed by atoms with Crippen LogP contribution in [0.25, 0.3) is 0 Å². The first kappa shape index (κ1) is 18.6. The van der Waals surface area contributed by atoms with Crippen molar-refractivity contribution in [3.63, 3.8) is 0 Å². The molecule has 1 aromatic heterocycles. The van der Waals surface area contributed by atoms with E-state index in [1.807, 2.05) is 60.8 Å². The van der Waals surface area contributed by atoms with E-state index >= 15 is 0 Å². The lowest BCUT2D eigenvalue weighted by Gasteiger charge is -2.19. The van der Waals surface area contributed by atoms with E-state index in [0.29, 0.717) is 5.02 Å². The van der Waals surface area contributed by atoms with Gasteiger partial charge in [0.2, 0.25) is 5.91 Å². The molecule has 26 heavy (non-hydrogen) atoms. The summed E-state index contributed by atoms with van der Waals surface area (Å²) in [5.74, 6) is -0.0463. The van der Waals surface area contributed by atoms with Crippen molar-refractivity contribution in [1.82, 2.24) is 10.6 Å². The van der Waals surface area contributed by atoms with Gasteiger partial charge in [-0.3, -0.25) is 10.1 Å². The predicted octanol–water partition coefficient (Wildman–Crippen LogP) is 4.96. The third-order valence-corrected chi connectivity index (χ3v) is 5.33. The summed E-state index contributed by atoms with van der Waals surface area (Å²) in [7, 11) is 0. The van der Waals surface area contributed by atoms with Gasteiger partial charge in [-0.2, -0.15) is 0 Å². The lowest BCUT2D eigenvalue weighted by molar-refractivity contribution is -0.121. The smallest absolute Gasteiger partial charge is 0.234 e. The monoisotopic (exact) mass is 384 g/mol. The number of rotatable bonds is 7. The van der Waals surface area contributed by atoms with Crippen LogP contribution in [0.2, 0.25) is 5.02 Å². The molecular formula is C21H21ClN2OS. The second-order valence-electron chi connectivity index (χ2n) is 6.08. The molecule has 0 unspecified atom stereocenters. The van der Waals surface area contributed by atoms with Gasteiger partial charge in [-0.1, -0.05) is 60.1 Å². The van der Waals surface area contributed by atoms with Crippen molar-refractivity contribution < 1.29 is 4.79 Å². The van der Waals surface area contributed by atoms with Crippen molar-refractivity contribution in [1.29, 1.82) is 0 Å². The van der Waals surface area contributed by atoms with Gasteiger partial charge < -0.3 is 5.32 Å². The number of carbonyl (C=O) groups excluding carboxylic acids is 1. The molecule has 0 fully saturated rings. The van der Waals surface area contributed by atoms with Gasteiger partial charge in [0.15, 0.2) is 0 Å². The summed E-state index contributed by atoms with van der Waals surface area (Å²) >= 11 is 7.71. The van der Waals surface area contributed by atoms with Crippen LogP contribution in [0.15, 0.2) is 72.1 Å². The first-order valence-electron chi connectivity index (χ1n) is 8.50. The summed E-state index contributed by atoms with van der Waals surface area (Å²) in [6.45, 7) is 2.19. The number of nitrogens with one attached hydrogen (secondary N) is 2. The topological polar surface area (TPSA) is 41.1 Å². The molecule has 5 heteroatoms. The van der Waals surface area contributed by atoms with E-state index < -0.39 is 0 Å². The maximum Gasteiger partial charge on any atom is 0.234 e. The molecule has 134 valence electrons. The standard InChI is InChI=1S/C21H21ClN2OS/c1-15(17-9-5-10-18(22)13-17)24-20(25)14-23-21(19-11-6-12-26-19)16-7-3-2-4-8-16/h2-13,15,21,23H,14H2,1H3,(H,24,25)/t15-,21+/m0/s1. The fraction of sp³-hybridized carbons (Fsp3) is 0.190. The fourth-order valence-electron chi connectivity index (χ4n) is 2.83. The molecule has 0 bridgehead atoms. The molecule has 3 rings (SSSR count). The highest BCUT2D eigenvalue weighted by atomic mass is 35.5. The molecule has 3 aromatic rings. The van der Waals surface area contributed by atoms with Crippen molar-refractivity contribution in [2.75, 3.05) is 6.54 Å². The number of hydrogen-bond acceptors (Lipinski definition) is 3. The quantitative estimate of drug-likeness (QED) is 0.604. The van der Waals surface area contributed by atoms with Crippen LogP contribution < -0.4 is 10.6 Å². The number of halogens is 1. The number of benzene rings is 2. The van der Waals surface area contributed by atoms with Gasteiger partial charge >= 0.3 is 0 Å². The maximum atomic E-state index is 12.4. The number of thiophene rings is 1. The zero-order valence-corrected chi connectivity index (χ0v) is 16.1. The maximum absolute atomic E-state index is 12.4. The Bertz CT molecular complexity index is 836. The van der Waals surface area contributed by atoms with E-state index in [9.17, 15) is 4.79 Å². The molecule has 2 aromatic carbocycles. The Morgan fingerprint density at radius 3 is 2.50 bits per heavy atom. The highest BCUT2D eigenvalue weighted by Gasteiger charge is 2.17. The minimum absolute atomic E-state index is 0.00317. The fourth-order valence-corrected chi connectivity index (χ4v) is 3.86. The zero-order chi connectivity index (χ0) is 18.4. The summed E-state index contributed by atoms with van der Waals surface area (Å²) in [6, 6.07) is 21.7. The Kier molecular flexibility index (Phi) is 6.45. The summed E-state index contributed by atoms with van der Waals surface area (Å²) in [6.07, 6.45) is 0. The van der Waals surface area contributed by atoms with Crippen LogP contribution in [-0.4, -0.2) is 12.5 Å². The van der Waals surface area contributed by atoms with Gasteiger partial charge in [-0.15, -0.1) is 11.3 Å². The van der Waals surface area contributed by atoms with Crippen LogP contribution in [-0.2, 0) is 4.79 Å². The number of amides is 1. The lowest BCUT2D eigenvalue weighted by Crippen LogP contribution is -2.37. The summed E-state index contributed by atoms with van der Waals surface area (Å²) in [5.41, 5.74) is 2.13. The van der Waals surface area contributed by atoms with Crippen LogP contribution in [0.5, 0.6) is 0 Å². The van der Waals surface area contributed by atoms with Crippen LogP contribution in [0.3, 0.4) is 0 Å². The van der Waals surface area contributed by atoms with Crippen molar-refractivity contribution in [2.24, 2.45) is 0 Å². The Morgan fingerprint density at radius 1 is 1.04 bits per heavy atom. The molecule has 2 atom stereocenters. The molecule has 0 aliphatic rings. The summed E-state index contributed by atoms with van der Waals surface area (Å²) in [4.78, 5) is 13.6. The van der Waals surface area contributed by atoms with Gasteiger partial charge in [-0.25, -0.2) is 0 Å². The first-order valence-corrected chi connectivity index (χ1v) is 9.76.